The van der Waals surface area contributed by atoms with Gasteiger partial charge in [-0.25, -0.2) is 4.79 Å². The van der Waals surface area contributed by atoms with Gasteiger partial charge in [0, 0.05) is 38.6 Å². The van der Waals surface area contributed by atoms with Crippen LogP contribution in [0, 0.1) is 5.92 Å². The van der Waals surface area contributed by atoms with Crippen molar-refractivity contribution in [3.8, 4) is 0 Å². The van der Waals surface area contributed by atoms with Gasteiger partial charge in [0.05, 0.1) is 11.0 Å². The second-order valence-electron chi connectivity index (χ2n) is 7.43. The Labute approximate surface area is 154 Å². The summed E-state index contributed by atoms with van der Waals surface area (Å²) in [5.41, 5.74) is 7.71. The van der Waals surface area contributed by atoms with E-state index < -0.39 is 0 Å². The first-order valence-corrected chi connectivity index (χ1v) is 9.74. The number of carbonyl (C=O) groups excluding carboxylic acids is 1. The van der Waals surface area contributed by atoms with Crippen molar-refractivity contribution in [2.75, 3.05) is 13.1 Å². The quantitative estimate of drug-likeness (QED) is 0.860. The molecule has 2 N–H and O–H groups in total. The molecule has 0 aliphatic carbocycles. The third-order valence-electron chi connectivity index (χ3n) is 5.49. The van der Waals surface area contributed by atoms with E-state index in [1.807, 2.05) is 33.7 Å². The lowest BCUT2D eigenvalue weighted by Crippen LogP contribution is -2.49. The highest BCUT2D eigenvalue weighted by Gasteiger charge is 2.28. The van der Waals surface area contributed by atoms with Crippen LogP contribution in [0.15, 0.2) is 29.1 Å². The fourth-order valence-electron chi connectivity index (χ4n) is 4.08. The van der Waals surface area contributed by atoms with Crippen molar-refractivity contribution in [3.63, 3.8) is 0 Å². The maximum absolute atomic E-state index is 12.8. The van der Waals surface area contributed by atoms with Crippen molar-refractivity contribution in [1.82, 2.24) is 14.0 Å². The first-order valence-electron chi connectivity index (χ1n) is 9.74. The van der Waals surface area contributed by atoms with Gasteiger partial charge in [0.2, 0.25) is 5.91 Å². The normalized spacial score (nSPS) is 20.7. The minimum atomic E-state index is -0.0245. The molecule has 26 heavy (non-hydrogen) atoms. The second-order valence-corrected chi connectivity index (χ2v) is 7.43. The van der Waals surface area contributed by atoms with Crippen molar-refractivity contribution in [2.45, 2.75) is 58.7 Å². The van der Waals surface area contributed by atoms with Crippen LogP contribution in [0.2, 0.25) is 0 Å². The van der Waals surface area contributed by atoms with E-state index in [1.165, 1.54) is 0 Å². The predicted molar refractivity (Wildman–Crippen MR) is 104 cm³/mol. The summed E-state index contributed by atoms with van der Waals surface area (Å²) < 4.78 is 3.55. The molecule has 6 heteroatoms. The molecule has 3 rings (SSSR count). The lowest BCUT2D eigenvalue weighted by Gasteiger charge is -2.38. The summed E-state index contributed by atoms with van der Waals surface area (Å²) in [7, 11) is 0. The van der Waals surface area contributed by atoms with Crippen LogP contribution in [0.4, 0.5) is 0 Å². The van der Waals surface area contributed by atoms with Crippen LogP contribution in [-0.4, -0.2) is 39.1 Å². The summed E-state index contributed by atoms with van der Waals surface area (Å²) in [6.07, 6.45) is 3.23. The fraction of sp³-hybridized carbons (Fsp3) is 0.600. The topological polar surface area (TPSA) is 73.3 Å². The van der Waals surface area contributed by atoms with Gasteiger partial charge < -0.3 is 10.6 Å². The molecule has 1 saturated heterocycles. The fourth-order valence-corrected chi connectivity index (χ4v) is 4.08. The molecule has 2 unspecified atom stereocenters. The highest BCUT2D eigenvalue weighted by molar-refractivity contribution is 5.78. The van der Waals surface area contributed by atoms with E-state index in [-0.39, 0.29) is 17.6 Å². The third kappa shape index (κ3) is 3.56. The molecule has 0 radical (unpaired) electrons. The zero-order valence-corrected chi connectivity index (χ0v) is 15.9. The molecule has 6 nitrogen and oxygen atoms in total. The summed E-state index contributed by atoms with van der Waals surface area (Å²) in [6, 6.07) is 7.95. The summed E-state index contributed by atoms with van der Waals surface area (Å²) in [6.45, 7) is 6.66. The molecule has 1 aliphatic heterocycles. The number of nitrogens with two attached hydrogens (primary N) is 1. The monoisotopic (exact) mass is 358 g/mol. The van der Waals surface area contributed by atoms with Gasteiger partial charge in [0.15, 0.2) is 0 Å². The zero-order chi connectivity index (χ0) is 18.7. The van der Waals surface area contributed by atoms with E-state index in [0.717, 1.165) is 36.8 Å². The Kier molecular flexibility index (Phi) is 5.81. The zero-order valence-electron chi connectivity index (χ0n) is 15.9. The standard InChI is InChI=1S/C20H30N4O2/c1-3-10-23-17-6-4-5-7-18(17)24(20(23)26)12-9-19(25)22-11-8-15(2)13-16(22)14-21/h4-7,15-16H,3,8-14,21H2,1-2H3. The highest BCUT2D eigenvalue weighted by Crippen LogP contribution is 2.23. The van der Waals surface area contributed by atoms with Crippen molar-refractivity contribution < 1.29 is 4.79 Å². The van der Waals surface area contributed by atoms with E-state index in [0.29, 0.717) is 32.0 Å². The van der Waals surface area contributed by atoms with Gasteiger partial charge in [-0.2, -0.15) is 0 Å². The molecule has 0 spiro atoms. The van der Waals surface area contributed by atoms with Crippen molar-refractivity contribution in [2.24, 2.45) is 11.7 Å². The molecular weight excluding hydrogens is 328 g/mol. The summed E-state index contributed by atoms with van der Waals surface area (Å²) in [5.74, 6) is 0.716. The molecular formula is C20H30N4O2. The number of amides is 1. The number of carbonyl (C=O) groups is 1. The van der Waals surface area contributed by atoms with E-state index in [2.05, 4.69) is 13.8 Å². The van der Waals surface area contributed by atoms with Crippen LogP contribution in [0.25, 0.3) is 11.0 Å². The number of para-hydroxylation sites is 2. The van der Waals surface area contributed by atoms with Crippen molar-refractivity contribution >= 4 is 16.9 Å². The molecule has 142 valence electrons. The molecule has 2 heterocycles. The Hall–Kier alpha value is -2.08. The van der Waals surface area contributed by atoms with Gasteiger partial charge in [0.25, 0.3) is 0 Å². The maximum atomic E-state index is 12.8. The van der Waals surface area contributed by atoms with Gasteiger partial charge >= 0.3 is 5.69 Å². The number of aromatic nitrogens is 2. The summed E-state index contributed by atoms with van der Waals surface area (Å²) >= 11 is 0. The number of rotatable bonds is 6. The molecule has 1 amide bonds. The number of fused-ring (bicyclic) bond motifs is 1. The minimum absolute atomic E-state index is 0.0245. The van der Waals surface area contributed by atoms with E-state index in [9.17, 15) is 9.59 Å². The SMILES string of the molecule is CCCn1c(=O)n(CCC(=O)N2CCC(C)CC2CN)c2ccccc21. The molecule has 1 fully saturated rings. The highest BCUT2D eigenvalue weighted by atomic mass is 16.2. The molecule has 2 aromatic rings. The van der Waals surface area contributed by atoms with Crippen LogP contribution in [0.5, 0.6) is 0 Å². The Bertz CT molecular complexity index is 823. The van der Waals surface area contributed by atoms with Crippen molar-refractivity contribution in [3.05, 3.63) is 34.7 Å². The van der Waals surface area contributed by atoms with Crippen LogP contribution in [-0.2, 0) is 17.9 Å². The van der Waals surface area contributed by atoms with Crippen LogP contribution < -0.4 is 11.4 Å². The van der Waals surface area contributed by atoms with Gasteiger partial charge in [-0.3, -0.25) is 13.9 Å². The maximum Gasteiger partial charge on any atom is 0.329 e. The molecule has 1 aromatic carbocycles. The number of imidazole rings is 1. The molecule has 1 aliphatic rings. The van der Waals surface area contributed by atoms with Crippen LogP contribution >= 0.6 is 0 Å². The number of hydrogen-bond donors (Lipinski definition) is 1. The van der Waals surface area contributed by atoms with Crippen LogP contribution in [0.1, 0.15) is 39.5 Å². The minimum Gasteiger partial charge on any atom is -0.338 e. The Balaban J connectivity index is 1.78. The Morgan fingerprint density at radius 2 is 1.85 bits per heavy atom. The number of hydrogen-bond acceptors (Lipinski definition) is 3. The van der Waals surface area contributed by atoms with E-state index in [4.69, 9.17) is 5.73 Å². The summed E-state index contributed by atoms with van der Waals surface area (Å²) in [4.78, 5) is 27.5. The summed E-state index contributed by atoms with van der Waals surface area (Å²) in [5, 5.41) is 0. The number of piperidine rings is 1. The second kappa shape index (κ2) is 8.08. The van der Waals surface area contributed by atoms with Gasteiger partial charge in [-0.05, 0) is 37.3 Å². The van der Waals surface area contributed by atoms with Crippen LogP contribution in [0.3, 0.4) is 0 Å². The van der Waals surface area contributed by atoms with E-state index >= 15 is 0 Å². The predicted octanol–water partition coefficient (Wildman–Crippen LogP) is 2.19. The van der Waals surface area contributed by atoms with Gasteiger partial charge in [0.1, 0.15) is 0 Å². The first kappa shape index (κ1) is 18.7. The average molecular weight is 358 g/mol. The van der Waals surface area contributed by atoms with E-state index in [1.54, 1.807) is 4.57 Å². The molecule has 0 saturated carbocycles. The third-order valence-corrected chi connectivity index (χ3v) is 5.49. The lowest BCUT2D eigenvalue weighted by atomic mass is 9.92. The molecule has 2 atom stereocenters. The Morgan fingerprint density at radius 1 is 1.19 bits per heavy atom. The average Bonchev–Trinajstić information content (AvgIpc) is 2.91. The largest absolute Gasteiger partial charge is 0.338 e. The number of benzene rings is 1. The number of aryl methyl sites for hydroxylation is 2. The van der Waals surface area contributed by atoms with Gasteiger partial charge in [-0.15, -0.1) is 0 Å². The van der Waals surface area contributed by atoms with Crippen molar-refractivity contribution in [1.29, 1.82) is 0 Å². The number of nitrogens with zero attached hydrogens (tertiary/aromatic N) is 3. The first-order chi connectivity index (χ1) is 12.6. The van der Waals surface area contributed by atoms with Gasteiger partial charge in [-0.1, -0.05) is 26.0 Å². The number of likely N-dealkylation sites (tertiary alicyclic amines) is 1. The molecule has 1 aromatic heterocycles. The lowest BCUT2D eigenvalue weighted by molar-refractivity contribution is -0.135. The molecule has 0 bridgehead atoms. The smallest absolute Gasteiger partial charge is 0.329 e. The Morgan fingerprint density at radius 3 is 2.46 bits per heavy atom.